The first-order valence-electron chi connectivity index (χ1n) is 5.59. The zero-order chi connectivity index (χ0) is 11.1. The molecule has 0 bridgehead atoms. The van der Waals surface area contributed by atoms with Crippen LogP contribution in [0.15, 0.2) is 6.07 Å². The molecule has 1 aromatic rings. The first-order chi connectivity index (χ1) is 7.30. The lowest BCUT2D eigenvalue weighted by molar-refractivity contribution is 0.827. The summed E-state index contributed by atoms with van der Waals surface area (Å²) < 4.78 is 0. The summed E-state index contributed by atoms with van der Waals surface area (Å²) in [5.41, 5.74) is 0. The fourth-order valence-electron chi connectivity index (χ4n) is 1.27. The predicted molar refractivity (Wildman–Crippen MR) is 64.4 cm³/mol. The van der Waals surface area contributed by atoms with E-state index in [4.69, 9.17) is 0 Å². The van der Waals surface area contributed by atoms with Crippen LogP contribution in [0, 0.1) is 0 Å². The summed E-state index contributed by atoms with van der Waals surface area (Å²) in [7, 11) is 1.87. The van der Waals surface area contributed by atoms with Gasteiger partial charge in [0, 0.05) is 26.1 Å². The Labute approximate surface area is 91.5 Å². The van der Waals surface area contributed by atoms with Crippen molar-refractivity contribution >= 4 is 11.6 Å². The van der Waals surface area contributed by atoms with Crippen LogP contribution in [0.4, 0.5) is 11.6 Å². The summed E-state index contributed by atoms with van der Waals surface area (Å²) in [6.45, 7) is 5.21. The maximum Gasteiger partial charge on any atom is 0.132 e. The van der Waals surface area contributed by atoms with Crippen LogP contribution in [0.1, 0.15) is 32.5 Å². The van der Waals surface area contributed by atoms with Crippen LogP contribution in [0.2, 0.25) is 0 Å². The summed E-state index contributed by atoms with van der Waals surface area (Å²) in [6.07, 6.45) is 3.22. The second kappa shape index (κ2) is 6.22. The van der Waals surface area contributed by atoms with E-state index in [0.717, 1.165) is 30.4 Å². The van der Waals surface area contributed by atoms with Gasteiger partial charge in [0.2, 0.25) is 0 Å². The molecule has 0 fully saturated rings. The Morgan fingerprint density at radius 1 is 1.20 bits per heavy atom. The molecular weight excluding hydrogens is 188 g/mol. The summed E-state index contributed by atoms with van der Waals surface area (Å²) in [5.74, 6) is 2.67. The number of rotatable bonds is 6. The SMILES string of the molecule is CCCCNc1cc(NC)nc(CC)n1. The van der Waals surface area contributed by atoms with Crippen LogP contribution in [0.5, 0.6) is 0 Å². The minimum Gasteiger partial charge on any atom is -0.373 e. The molecule has 2 N–H and O–H groups in total. The molecule has 1 aromatic heterocycles. The molecular formula is C11H20N4. The van der Waals surface area contributed by atoms with E-state index in [2.05, 4.69) is 34.4 Å². The van der Waals surface area contributed by atoms with Gasteiger partial charge in [0.05, 0.1) is 0 Å². The monoisotopic (exact) mass is 208 g/mol. The van der Waals surface area contributed by atoms with Crippen molar-refractivity contribution in [2.75, 3.05) is 24.2 Å². The topological polar surface area (TPSA) is 49.8 Å². The van der Waals surface area contributed by atoms with Gasteiger partial charge in [-0.25, -0.2) is 9.97 Å². The van der Waals surface area contributed by atoms with E-state index in [1.165, 1.54) is 12.8 Å². The van der Waals surface area contributed by atoms with Crippen molar-refractivity contribution in [1.29, 1.82) is 0 Å². The Balaban J connectivity index is 2.68. The number of nitrogens with zero attached hydrogens (tertiary/aromatic N) is 2. The lowest BCUT2D eigenvalue weighted by atomic mass is 10.3. The second-order valence-electron chi connectivity index (χ2n) is 3.44. The van der Waals surface area contributed by atoms with Crippen LogP contribution in [0.3, 0.4) is 0 Å². The minimum absolute atomic E-state index is 0.859. The Morgan fingerprint density at radius 3 is 2.53 bits per heavy atom. The molecule has 0 amide bonds. The number of anilines is 2. The third-order valence-corrected chi connectivity index (χ3v) is 2.18. The van der Waals surface area contributed by atoms with Crippen molar-refractivity contribution in [3.63, 3.8) is 0 Å². The molecule has 0 radical (unpaired) electrons. The third-order valence-electron chi connectivity index (χ3n) is 2.18. The standard InChI is InChI=1S/C11H20N4/c1-4-6-7-13-11-8-10(12-3)14-9(5-2)15-11/h8H,4-7H2,1-3H3,(H2,12,13,14,15). The molecule has 0 aliphatic heterocycles. The first kappa shape index (κ1) is 11.8. The van der Waals surface area contributed by atoms with Gasteiger partial charge >= 0.3 is 0 Å². The van der Waals surface area contributed by atoms with Gasteiger partial charge in [-0.2, -0.15) is 0 Å². The normalized spacial score (nSPS) is 10.1. The van der Waals surface area contributed by atoms with Gasteiger partial charge < -0.3 is 10.6 Å². The van der Waals surface area contributed by atoms with Crippen LogP contribution in [0.25, 0.3) is 0 Å². The van der Waals surface area contributed by atoms with Crippen molar-refractivity contribution in [3.8, 4) is 0 Å². The Kier molecular flexibility index (Phi) is 4.87. The molecule has 0 aliphatic rings. The van der Waals surface area contributed by atoms with Gasteiger partial charge in [-0.05, 0) is 6.42 Å². The van der Waals surface area contributed by atoms with Crippen molar-refractivity contribution in [2.24, 2.45) is 0 Å². The third kappa shape index (κ3) is 3.73. The van der Waals surface area contributed by atoms with E-state index in [1.54, 1.807) is 0 Å². The van der Waals surface area contributed by atoms with Gasteiger partial charge in [0.25, 0.3) is 0 Å². The highest BCUT2D eigenvalue weighted by Gasteiger charge is 2.01. The largest absolute Gasteiger partial charge is 0.373 e. The number of aromatic nitrogens is 2. The summed E-state index contributed by atoms with van der Waals surface area (Å²) in [4.78, 5) is 8.75. The van der Waals surface area contributed by atoms with Gasteiger partial charge in [0.15, 0.2) is 0 Å². The second-order valence-corrected chi connectivity index (χ2v) is 3.44. The highest BCUT2D eigenvalue weighted by molar-refractivity contribution is 5.47. The van der Waals surface area contributed by atoms with Gasteiger partial charge in [-0.15, -0.1) is 0 Å². The van der Waals surface area contributed by atoms with E-state index in [-0.39, 0.29) is 0 Å². The molecule has 1 heterocycles. The lowest BCUT2D eigenvalue weighted by Gasteiger charge is -2.08. The van der Waals surface area contributed by atoms with E-state index in [1.807, 2.05) is 13.1 Å². The van der Waals surface area contributed by atoms with Gasteiger partial charge in [-0.3, -0.25) is 0 Å². The average Bonchev–Trinajstić information content (AvgIpc) is 2.29. The maximum atomic E-state index is 4.41. The Bertz CT molecular complexity index is 276. The Hall–Kier alpha value is -1.32. The average molecular weight is 208 g/mol. The zero-order valence-electron chi connectivity index (χ0n) is 9.80. The molecule has 15 heavy (non-hydrogen) atoms. The maximum absolute atomic E-state index is 4.41. The molecule has 0 aliphatic carbocycles. The first-order valence-corrected chi connectivity index (χ1v) is 5.59. The summed E-state index contributed by atoms with van der Waals surface area (Å²) >= 11 is 0. The highest BCUT2D eigenvalue weighted by Crippen LogP contribution is 2.11. The van der Waals surface area contributed by atoms with Crippen molar-refractivity contribution in [1.82, 2.24) is 9.97 Å². The molecule has 0 spiro atoms. The summed E-state index contributed by atoms with van der Waals surface area (Å²) in [6, 6.07) is 1.94. The van der Waals surface area contributed by atoms with Crippen molar-refractivity contribution in [3.05, 3.63) is 11.9 Å². The number of aryl methyl sites for hydroxylation is 1. The van der Waals surface area contributed by atoms with Crippen LogP contribution in [-0.2, 0) is 6.42 Å². The predicted octanol–water partition coefficient (Wildman–Crippen LogP) is 2.29. The van der Waals surface area contributed by atoms with Crippen LogP contribution >= 0.6 is 0 Å². The smallest absolute Gasteiger partial charge is 0.132 e. The number of unbranched alkanes of at least 4 members (excludes halogenated alkanes) is 1. The number of hydrogen-bond donors (Lipinski definition) is 2. The summed E-state index contributed by atoms with van der Waals surface area (Å²) in [5, 5.41) is 6.35. The van der Waals surface area contributed by atoms with E-state index >= 15 is 0 Å². The van der Waals surface area contributed by atoms with Crippen LogP contribution in [-0.4, -0.2) is 23.6 Å². The molecule has 0 saturated carbocycles. The molecule has 1 rings (SSSR count). The van der Waals surface area contributed by atoms with E-state index in [9.17, 15) is 0 Å². The lowest BCUT2D eigenvalue weighted by Crippen LogP contribution is -2.07. The van der Waals surface area contributed by atoms with Crippen molar-refractivity contribution < 1.29 is 0 Å². The Morgan fingerprint density at radius 2 is 1.93 bits per heavy atom. The van der Waals surface area contributed by atoms with E-state index < -0.39 is 0 Å². The molecule has 0 unspecified atom stereocenters. The number of nitrogens with one attached hydrogen (secondary N) is 2. The molecule has 0 saturated heterocycles. The molecule has 0 atom stereocenters. The minimum atomic E-state index is 0.859. The highest BCUT2D eigenvalue weighted by atomic mass is 15.1. The molecule has 84 valence electrons. The fourth-order valence-corrected chi connectivity index (χ4v) is 1.27. The zero-order valence-corrected chi connectivity index (χ0v) is 9.80. The molecule has 4 heteroatoms. The van der Waals surface area contributed by atoms with E-state index in [0.29, 0.717) is 0 Å². The fraction of sp³-hybridized carbons (Fsp3) is 0.636. The molecule has 0 aromatic carbocycles. The van der Waals surface area contributed by atoms with Crippen molar-refractivity contribution in [2.45, 2.75) is 33.1 Å². The van der Waals surface area contributed by atoms with Gasteiger partial charge in [0.1, 0.15) is 17.5 Å². The molecule has 4 nitrogen and oxygen atoms in total. The number of hydrogen-bond acceptors (Lipinski definition) is 4. The quantitative estimate of drug-likeness (QED) is 0.704. The van der Waals surface area contributed by atoms with Gasteiger partial charge in [-0.1, -0.05) is 20.3 Å². The van der Waals surface area contributed by atoms with Crippen LogP contribution < -0.4 is 10.6 Å².